The summed E-state index contributed by atoms with van der Waals surface area (Å²) >= 11 is 0. The van der Waals surface area contributed by atoms with E-state index in [9.17, 15) is 0 Å². The molecule has 0 saturated carbocycles. The quantitative estimate of drug-likeness (QED) is 0.166. The summed E-state index contributed by atoms with van der Waals surface area (Å²) in [6.07, 6.45) is 1.01. The van der Waals surface area contributed by atoms with E-state index in [1.165, 1.54) is 93.7 Å². The van der Waals surface area contributed by atoms with Gasteiger partial charge in [-0.3, -0.25) is 0 Å². The molecule has 0 amide bonds. The maximum atomic E-state index is 2.44. The highest BCUT2D eigenvalue weighted by Crippen LogP contribution is 2.43. The summed E-state index contributed by atoms with van der Waals surface area (Å²) in [4.78, 5) is 2.36. The maximum absolute atomic E-state index is 2.44. The van der Waals surface area contributed by atoms with Gasteiger partial charge in [0, 0.05) is 38.6 Å². The normalized spacial score (nSPS) is 12.1. The molecule has 1 aliphatic carbocycles. The molecule has 2 nitrogen and oxygen atoms in total. The van der Waals surface area contributed by atoms with Crippen LogP contribution in [0.25, 0.3) is 82.6 Å². The molecule has 0 saturated heterocycles. The predicted octanol–water partition coefficient (Wildman–Crippen LogP) is 14.9. The molecule has 0 aliphatic heterocycles. The van der Waals surface area contributed by atoms with Crippen LogP contribution in [0.1, 0.15) is 11.1 Å². The van der Waals surface area contributed by atoms with Crippen LogP contribution in [-0.2, 0) is 6.42 Å². The molecule has 0 spiro atoms. The van der Waals surface area contributed by atoms with Gasteiger partial charge in [-0.2, -0.15) is 0 Å². The largest absolute Gasteiger partial charge is 0.311 e. The van der Waals surface area contributed by atoms with E-state index in [2.05, 4.69) is 216 Å². The highest BCUT2D eigenvalue weighted by atomic mass is 15.1. The number of nitrogens with zero attached hydrogens (tertiary/aromatic N) is 2. The molecule has 0 bridgehead atoms. The van der Waals surface area contributed by atoms with Crippen molar-refractivity contribution in [1.82, 2.24) is 4.40 Å². The Hall–Kier alpha value is -7.42. The molecule has 11 aromatic rings. The van der Waals surface area contributed by atoms with Crippen LogP contribution >= 0.6 is 0 Å². The van der Waals surface area contributed by atoms with Crippen molar-refractivity contribution in [2.75, 3.05) is 4.90 Å². The fourth-order valence-corrected chi connectivity index (χ4v) is 9.40. The molecule has 2 heteroatoms. The monoisotopic (exact) mass is 724 g/mol. The van der Waals surface area contributed by atoms with Gasteiger partial charge in [0.2, 0.25) is 0 Å². The second-order valence-corrected chi connectivity index (χ2v) is 15.3. The van der Waals surface area contributed by atoms with Gasteiger partial charge in [-0.1, -0.05) is 146 Å². The SMILES string of the molecule is c1ccc(-c2ccc(N(c3ccc(-c4ccc5c(c4)-c4ccccc4C5)cc3)c3ccc(-c4ccc5c(c4)c4cccc6c7ccccc7n5c64)cc3)cc2)cc1. The zero-order valence-electron chi connectivity index (χ0n) is 31.2. The van der Waals surface area contributed by atoms with E-state index in [0.717, 1.165) is 23.5 Å². The molecule has 1 aliphatic rings. The summed E-state index contributed by atoms with van der Waals surface area (Å²) < 4.78 is 2.44. The van der Waals surface area contributed by atoms with Gasteiger partial charge in [0.1, 0.15) is 0 Å². The average Bonchev–Trinajstić information content (AvgIpc) is 3.94. The molecule has 2 heterocycles. The van der Waals surface area contributed by atoms with Crippen LogP contribution in [0.5, 0.6) is 0 Å². The Morgan fingerprint density at radius 3 is 1.53 bits per heavy atom. The third-order valence-corrected chi connectivity index (χ3v) is 12.2. The fourth-order valence-electron chi connectivity index (χ4n) is 9.40. The summed E-state index contributed by atoms with van der Waals surface area (Å²) in [6.45, 7) is 0. The summed E-state index contributed by atoms with van der Waals surface area (Å²) in [5.74, 6) is 0. The van der Waals surface area contributed by atoms with Crippen LogP contribution in [-0.4, -0.2) is 4.40 Å². The van der Waals surface area contributed by atoms with Crippen molar-refractivity contribution in [3.63, 3.8) is 0 Å². The van der Waals surface area contributed by atoms with Crippen LogP contribution in [0.2, 0.25) is 0 Å². The number of anilines is 3. The van der Waals surface area contributed by atoms with Crippen molar-refractivity contribution in [1.29, 1.82) is 0 Å². The van der Waals surface area contributed by atoms with E-state index in [1.54, 1.807) is 0 Å². The number of para-hydroxylation sites is 2. The van der Waals surface area contributed by atoms with Gasteiger partial charge >= 0.3 is 0 Å². The fraction of sp³-hybridized carbons (Fsp3) is 0.0182. The van der Waals surface area contributed by atoms with Crippen LogP contribution < -0.4 is 4.90 Å². The Morgan fingerprint density at radius 1 is 0.316 bits per heavy atom. The van der Waals surface area contributed by atoms with Crippen molar-refractivity contribution in [2.45, 2.75) is 6.42 Å². The van der Waals surface area contributed by atoms with E-state index in [1.807, 2.05) is 0 Å². The van der Waals surface area contributed by atoms with Crippen LogP contribution in [0.4, 0.5) is 17.1 Å². The molecule has 12 rings (SSSR count). The van der Waals surface area contributed by atoms with Gasteiger partial charge in [0.25, 0.3) is 0 Å². The molecule has 0 radical (unpaired) electrons. The van der Waals surface area contributed by atoms with E-state index >= 15 is 0 Å². The molecule has 0 N–H and O–H groups in total. The Bertz CT molecular complexity index is 3280. The lowest BCUT2D eigenvalue weighted by atomic mass is 9.98. The standard InChI is InChI=1S/C55H36N2/c1-2-9-36(10-3-1)37-19-26-44(27-20-37)56(45-28-21-38(22-29-45)40-17-18-43-33-42-11-4-5-12-47(42)51(43)34-40)46-30-23-39(24-31-46)41-25-32-54-52(35-41)50-15-8-14-49-48-13-6-7-16-53(48)57(54)55(49)50/h1-32,34-35H,33H2. The van der Waals surface area contributed by atoms with E-state index in [0.29, 0.717) is 0 Å². The third kappa shape index (κ3) is 5.04. The minimum atomic E-state index is 1.01. The molecular weight excluding hydrogens is 689 g/mol. The Labute approximate surface area is 331 Å². The minimum Gasteiger partial charge on any atom is -0.311 e. The topological polar surface area (TPSA) is 7.65 Å². The van der Waals surface area contributed by atoms with Crippen molar-refractivity contribution in [2.24, 2.45) is 0 Å². The van der Waals surface area contributed by atoms with Gasteiger partial charge in [-0.25, -0.2) is 0 Å². The lowest BCUT2D eigenvalue weighted by Gasteiger charge is -2.26. The third-order valence-electron chi connectivity index (χ3n) is 12.2. The van der Waals surface area contributed by atoms with Gasteiger partial charge in [-0.15, -0.1) is 0 Å². The Morgan fingerprint density at radius 2 is 0.807 bits per heavy atom. The second-order valence-electron chi connectivity index (χ2n) is 15.3. The zero-order valence-corrected chi connectivity index (χ0v) is 31.2. The van der Waals surface area contributed by atoms with Gasteiger partial charge in [-0.05, 0) is 123 Å². The number of rotatable bonds is 6. The van der Waals surface area contributed by atoms with Crippen LogP contribution in [0.15, 0.2) is 206 Å². The smallest absolute Gasteiger partial charge is 0.0620 e. The van der Waals surface area contributed by atoms with Gasteiger partial charge < -0.3 is 9.30 Å². The van der Waals surface area contributed by atoms with E-state index in [4.69, 9.17) is 0 Å². The second kappa shape index (κ2) is 12.6. The Balaban J connectivity index is 0.921. The van der Waals surface area contributed by atoms with Crippen LogP contribution in [0.3, 0.4) is 0 Å². The predicted molar refractivity (Wildman–Crippen MR) is 240 cm³/mol. The van der Waals surface area contributed by atoms with Gasteiger partial charge in [0.05, 0.1) is 16.6 Å². The Kier molecular flexibility index (Phi) is 7.02. The number of fused-ring (bicyclic) bond motifs is 9. The summed E-state index contributed by atoms with van der Waals surface area (Å²) in [5, 5.41) is 5.21. The maximum Gasteiger partial charge on any atom is 0.0620 e. The van der Waals surface area contributed by atoms with Crippen molar-refractivity contribution < 1.29 is 0 Å². The molecule has 0 fully saturated rings. The molecule has 266 valence electrons. The van der Waals surface area contributed by atoms with E-state index in [-0.39, 0.29) is 0 Å². The highest BCUT2D eigenvalue weighted by Gasteiger charge is 2.20. The van der Waals surface area contributed by atoms with Crippen molar-refractivity contribution in [3.8, 4) is 44.5 Å². The zero-order chi connectivity index (χ0) is 37.5. The average molecular weight is 725 g/mol. The molecular formula is C55H36N2. The summed E-state index contributed by atoms with van der Waals surface area (Å²) in [7, 11) is 0. The van der Waals surface area contributed by atoms with Crippen molar-refractivity contribution >= 4 is 55.2 Å². The lowest BCUT2D eigenvalue weighted by Crippen LogP contribution is -2.09. The first-order valence-corrected chi connectivity index (χ1v) is 19.8. The number of benzene rings is 9. The number of hydrogen-bond acceptors (Lipinski definition) is 1. The lowest BCUT2D eigenvalue weighted by molar-refractivity contribution is 1.26. The number of aromatic nitrogens is 1. The van der Waals surface area contributed by atoms with Crippen LogP contribution in [0, 0.1) is 0 Å². The molecule has 9 aromatic carbocycles. The minimum absolute atomic E-state index is 1.01. The first-order valence-electron chi connectivity index (χ1n) is 19.8. The molecule has 0 atom stereocenters. The molecule has 57 heavy (non-hydrogen) atoms. The van der Waals surface area contributed by atoms with Crippen molar-refractivity contribution in [3.05, 3.63) is 217 Å². The first-order chi connectivity index (χ1) is 28.2. The summed E-state index contributed by atoms with van der Waals surface area (Å²) in [6, 6.07) is 75.8. The van der Waals surface area contributed by atoms with E-state index < -0.39 is 0 Å². The molecule has 2 aromatic heterocycles. The van der Waals surface area contributed by atoms with Gasteiger partial charge in [0.15, 0.2) is 0 Å². The molecule has 0 unspecified atom stereocenters. The number of hydrogen-bond donors (Lipinski definition) is 0. The first kappa shape index (κ1) is 31.9. The highest BCUT2D eigenvalue weighted by molar-refractivity contribution is 6.23. The summed E-state index contributed by atoms with van der Waals surface area (Å²) in [5.41, 5.74) is 20.0.